The van der Waals surface area contributed by atoms with Crippen LogP contribution in [0.1, 0.15) is 357 Å². The molecule has 540 valence electrons. The normalized spacial score (nSPS) is 15.1. The molecule has 0 spiro atoms. The standard InChI is InChI=1S/C72H140O17P2/c1-9-63(6)49-41-33-24-20-16-14-12-13-15-17-23-27-38-46-54-71(76)88-67(59-83-70(75)53-45-37-30-28-32-40-48-62(4)5)60-86-90(78,79)84-56-66(73)57-85-91(80,81)87-61-68(89-72(77)55-47-39-31-29-35-43-51-65(8)11-3)58-82-69(74)52-44-36-26-22-19-18-21-25-34-42-50-64(7)10-2/h62-68,73H,9-61H2,1-8H3,(H,78,79)(H,80,81)/t63?,64?,65?,66-,67+,68+/m0/s1. The quantitative estimate of drug-likeness (QED) is 0.0222. The molecule has 0 aromatic rings. The third-order valence-electron chi connectivity index (χ3n) is 17.7. The van der Waals surface area contributed by atoms with E-state index < -0.39 is 97.5 Å². The summed E-state index contributed by atoms with van der Waals surface area (Å²) in [6.45, 7) is 14.1. The van der Waals surface area contributed by atoms with Crippen molar-refractivity contribution in [3.63, 3.8) is 0 Å². The van der Waals surface area contributed by atoms with E-state index in [1.54, 1.807) is 0 Å². The zero-order chi connectivity index (χ0) is 67.5. The molecule has 17 nitrogen and oxygen atoms in total. The van der Waals surface area contributed by atoms with Gasteiger partial charge in [-0.05, 0) is 49.4 Å². The van der Waals surface area contributed by atoms with Crippen LogP contribution in [0.3, 0.4) is 0 Å². The molecule has 0 aromatic heterocycles. The number of hydrogen-bond acceptors (Lipinski definition) is 15. The second-order valence-electron chi connectivity index (χ2n) is 27.2. The SMILES string of the molecule is CCC(C)CCCCCCCCCCCCCCCCC(=O)O[C@H](COC(=O)CCCCCCCCC(C)C)COP(=O)(O)OC[C@H](O)COP(=O)(O)OC[C@@H](COC(=O)CCCCCCCCCCCCC(C)CC)OC(=O)CCCCCCCCC(C)CC. The van der Waals surface area contributed by atoms with Crippen LogP contribution in [0, 0.1) is 23.7 Å². The second kappa shape index (κ2) is 61.6. The summed E-state index contributed by atoms with van der Waals surface area (Å²) in [4.78, 5) is 72.6. The van der Waals surface area contributed by atoms with Crippen molar-refractivity contribution in [2.45, 2.75) is 375 Å². The number of hydrogen-bond donors (Lipinski definition) is 3. The minimum Gasteiger partial charge on any atom is -0.462 e. The van der Waals surface area contributed by atoms with E-state index >= 15 is 0 Å². The Bertz CT molecular complexity index is 1800. The molecule has 8 atom stereocenters. The first-order valence-electron chi connectivity index (χ1n) is 37.3. The van der Waals surface area contributed by atoms with Crippen molar-refractivity contribution in [3.8, 4) is 0 Å². The lowest BCUT2D eigenvalue weighted by molar-refractivity contribution is -0.161. The Balaban J connectivity index is 5.20. The number of carbonyl (C=O) groups excluding carboxylic acids is 4. The highest BCUT2D eigenvalue weighted by molar-refractivity contribution is 7.47. The molecule has 0 heterocycles. The zero-order valence-electron chi connectivity index (χ0n) is 59.5. The molecule has 0 amide bonds. The summed E-state index contributed by atoms with van der Waals surface area (Å²) in [5, 5.41) is 10.6. The van der Waals surface area contributed by atoms with Crippen molar-refractivity contribution in [1.29, 1.82) is 0 Å². The molecule has 0 aliphatic rings. The van der Waals surface area contributed by atoms with Gasteiger partial charge in [-0.3, -0.25) is 37.3 Å². The Hall–Kier alpha value is -1.94. The number of phosphoric acid groups is 2. The molecule has 0 radical (unpaired) electrons. The van der Waals surface area contributed by atoms with Crippen molar-refractivity contribution < 1.29 is 80.2 Å². The topological polar surface area (TPSA) is 237 Å². The van der Waals surface area contributed by atoms with Crippen molar-refractivity contribution in [2.24, 2.45) is 23.7 Å². The van der Waals surface area contributed by atoms with Crippen LogP contribution in [-0.2, 0) is 65.4 Å². The number of rotatable bonds is 69. The van der Waals surface area contributed by atoms with Crippen LogP contribution in [0.2, 0.25) is 0 Å². The van der Waals surface area contributed by atoms with Crippen molar-refractivity contribution in [1.82, 2.24) is 0 Å². The fraction of sp³-hybridized carbons (Fsp3) is 0.944. The van der Waals surface area contributed by atoms with E-state index in [0.29, 0.717) is 31.6 Å². The highest BCUT2D eigenvalue weighted by atomic mass is 31.2. The summed E-state index contributed by atoms with van der Waals surface area (Å²) in [6, 6.07) is 0. The second-order valence-corrected chi connectivity index (χ2v) is 30.1. The first-order chi connectivity index (χ1) is 43.7. The lowest BCUT2D eigenvalue weighted by atomic mass is 9.99. The number of aliphatic hydroxyl groups is 1. The van der Waals surface area contributed by atoms with E-state index in [2.05, 4.69) is 55.4 Å². The van der Waals surface area contributed by atoms with E-state index in [0.717, 1.165) is 114 Å². The van der Waals surface area contributed by atoms with Gasteiger partial charge in [0.15, 0.2) is 12.2 Å². The van der Waals surface area contributed by atoms with E-state index in [-0.39, 0.29) is 25.7 Å². The Morgan fingerprint density at radius 2 is 0.527 bits per heavy atom. The summed E-state index contributed by atoms with van der Waals surface area (Å²) >= 11 is 0. The molecule has 3 N–H and O–H groups in total. The molecule has 0 saturated carbocycles. The highest BCUT2D eigenvalue weighted by Crippen LogP contribution is 2.45. The van der Waals surface area contributed by atoms with Crippen LogP contribution in [0.25, 0.3) is 0 Å². The van der Waals surface area contributed by atoms with Gasteiger partial charge < -0.3 is 33.8 Å². The van der Waals surface area contributed by atoms with Gasteiger partial charge in [-0.2, -0.15) is 0 Å². The molecule has 0 fully saturated rings. The van der Waals surface area contributed by atoms with Crippen molar-refractivity contribution in [2.75, 3.05) is 39.6 Å². The Labute approximate surface area is 556 Å². The summed E-state index contributed by atoms with van der Waals surface area (Å²) in [7, 11) is -9.90. The molecule has 0 saturated heterocycles. The predicted octanol–water partition coefficient (Wildman–Crippen LogP) is 20.5. The fourth-order valence-corrected chi connectivity index (χ4v) is 12.3. The third kappa shape index (κ3) is 62.6. The number of unbranched alkanes of at least 4 members (excludes halogenated alkanes) is 32. The molecule has 0 aromatic carbocycles. The maximum absolute atomic E-state index is 13.0. The third-order valence-corrected chi connectivity index (χ3v) is 19.6. The smallest absolute Gasteiger partial charge is 0.462 e. The van der Waals surface area contributed by atoms with Gasteiger partial charge in [0.05, 0.1) is 26.4 Å². The first kappa shape index (κ1) is 89.1. The van der Waals surface area contributed by atoms with E-state index in [9.17, 15) is 43.2 Å². The van der Waals surface area contributed by atoms with Crippen molar-refractivity contribution >= 4 is 39.5 Å². The summed E-state index contributed by atoms with van der Waals surface area (Å²) < 4.78 is 68.3. The summed E-state index contributed by atoms with van der Waals surface area (Å²) in [6.07, 6.45) is 44.5. The van der Waals surface area contributed by atoms with Gasteiger partial charge in [0, 0.05) is 25.7 Å². The van der Waals surface area contributed by atoms with Gasteiger partial charge in [-0.25, -0.2) is 9.13 Å². The van der Waals surface area contributed by atoms with Crippen LogP contribution in [0.15, 0.2) is 0 Å². The van der Waals surface area contributed by atoms with E-state index in [4.69, 9.17) is 37.0 Å². The molecule has 0 aliphatic heterocycles. The predicted molar refractivity (Wildman–Crippen MR) is 367 cm³/mol. The minimum absolute atomic E-state index is 0.102. The van der Waals surface area contributed by atoms with Crippen LogP contribution in [-0.4, -0.2) is 96.7 Å². The lowest BCUT2D eigenvalue weighted by Gasteiger charge is -2.21. The lowest BCUT2D eigenvalue weighted by Crippen LogP contribution is -2.30. The van der Waals surface area contributed by atoms with Crippen LogP contribution in [0.5, 0.6) is 0 Å². The average molecular weight is 1340 g/mol. The summed E-state index contributed by atoms with van der Waals surface area (Å²) in [5.74, 6) is 0.924. The Morgan fingerprint density at radius 3 is 0.780 bits per heavy atom. The van der Waals surface area contributed by atoms with Gasteiger partial charge in [-0.15, -0.1) is 0 Å². The molecule has 0 aliphatic carbocycles. The molecule has 19 heteroatoms. The van der Waals surface area contributed by atoms with Gasteiger partial charge >= 0.3 is 39.5 Å². The Morgan fingerprint density at radius 1 is 0.308 bits per heavy atom. The zero-order valence-corrected chi connectivity index (χ0v) is 61.3. The van der Waals surface area contributed by atoms with Gasteiger partial charge in [-0.1, -0.05) is 306 Å². The summed E-state index contributed by atoms with van der Waals surface area (Å²) in [5.41, 5.74) is 0. The number of aliphatic hydroxyl groups excluding tert-OH is 1. The number of carbonyl (C=O) groups is 4. The molecule has 5 unspecified atom stereocenters. The first-order valence-corrected chi connectivity index (χ1v) is 40.3. The van der Waals surface area contributed by atoms with Crippen LogP contribution in [0.4, 0.5) is 0 Å². The highest BCUT2D eigenvalue weighted by Gasteiger charge is 2.30. The molecule has 0 bridgehead atoms. The number of phosphoric ester groups is 2. The minimum atomic E-state index is -4.95. The maximum atomic E-state index is 13.0. The maximum Gasteiger partial charge on any atom is 0.472 e. The molecule has 91 heavy (non-hydrogen) atoms. The van der Waals surface area contributed by atoms with E-state index in [1.165, 1.54) is 154 Å². The fourth-order valence-electron chi connectivity index (χ4n) is 10.7. The average Bonchev–Trinajstić information content (AvgIpc) is 3.72. The Kier molecular flexibility index (Phi) is 60.3. The van der Waals surface area contributed by atoms with Crippen molar-refractivity contribution in [3.05, 3.63) is 0 Å². The van der Waals surface area contributed by atoms with E-state index in [1.807, 2.05) is 0 Å². The van der Waals surface area contributed by atoms with Gasteiger partial charge in [0.25, 0.3) is 0 Å². The molecule has 0 rings (SSSR count). The monoisotopic (exact) mass is 1340 g/mol. The molecular weight excluding hydrogens is 1200 g/mol. The van der Waals surface area contributed by atoms with Crippen LogP contribution < -0.4 is 0 Å². The van der Waals surface area contributed by atoms with Gasteiger partial charge in [0.2, 0.25) is 0 Å². The number of ether oxygens (including phenoxy) is 4. The molecular formula is C72H140O17P2. The van der Waals surface area contributed by atoms with Gasteiger partial charge in [0.1, 0.15) is 19.3 Å². The largest absolute Gasteiger partial charge is 0.472 e. The van der Waals surface area contributed by atoms with Crippen LogP contribution >= 0.6 is 15.6 Å². The number of esters is 4.